The van der Waals surface area contributed by atoms with Gasteiger partial charge in [-0.05, 0) is 37.5 Å². The monoisotopic (exact) mass is 340 g/mol. The summed E-state index contributed by atoms with van der Waals surface area (Å²) in [4.78, 5) is 14.1. The number of ether oxygens (including phenoxy) is 1. The van der Waals surface area contributed by atoms with Gasteiger partial charge in [0.15, 0.2) is 0 Å². The van der Waals surface area contributed by atoms with Gasteiger partial charge in [0.2, 0.25) is 5.91 Å². The molecule has 0 aliphatic carbocycles. The standard InChI is InChI=1S/C15H21BrN2O2/c16-12-4-3-6-14(10-12)20-9-7-15(19)18-8-2-1-5-13(18)11-17/h3-4,6,10,13H,1-2,5,7-9,11,17H2. The Kier molecular flexibility index (Phi) is 5.86. The van der Waals surface area contributed by atoms with Crippen LogP contribution < -0.4 is 10.5 Å². The maximum atomic E-state index is 12.2. The molecule has 0 bridgehead atoms. The second-order valence-electron chi connectivity index (χ2n) is 5.03. The topological polar surface area (TPSA) is 55.6 Å². The number of hydrogen-bond donors (Lipinski definition) is 1. The molecule has 2 N–H and O–H groups in total. The van der Waals surface area contributed by atoms with Gasteiger partial charge in [0.25, 0.3) is 0 Å². The molecule has 1 fully saturated rings. The third-order valence-corrected chi connectivity index (χ3v) is 4.09. The van der Waals surface area contributed by atoms with Crippen LogP contribution in [0.15, 0.2) is 28.7 Å². The Morgan fingerprint density at radius 3 is 3.05 bits per heavy atom. The van der Waals surface area contributed by atoms with E-state index >= 15 is 0 Å². The lowest BCUT2D eigenvalue weighted by Gasteiger charge is -2.35. The Morgan fingerprint density at radius 1 is 1.45 bits per heavy atom. The predicted molar refractivity (Wildman–Crippen MR) is 82.7 cm³/mol. The zero-order chi connectivity index (χ0) is 14.4. The fraction of sp³-hybridized carbons (Fsp3) is 0.533. The molecule has 0 saturated carbocycles. The Bertz CT molecular complexity index is 453. The Labute approximate surface area is 128 Å². The number of carbonyl (C=O) groups excluding carboxylic acids is 1. The van der Waals surface area contributed by atoms with E-state index in [0.29, 0.717) is 19.6 Å². The summed E-state index contributed by atoms with van der Waals surface area (Å²) < 4.78 is 6.58. The summed E-state index contributed by atoms with van der Waals surface area (Å²) >= 11 is 3.39. The number of carbonyl (C=O) groups is 1. The lowest BCUT2D eigenvalue weighted by molar-refractivity contribution is -0.135. The molecule has 1 aliphatic heterocycles. The summed E-state index contributed by atoms with van der Waals surface area (Å²) in [5.41, 5.74) is 5.74. The van der Waals surface area contributed by atoms with Crippen LogP contribution in [-0.4, -0.2) is 36.5 Å². The zero-order valence-electron chi connectivity index (χ0n) is 11.6. The average Bonchev–Trinajstić information content (AvgIpc) is 2.47. The first-order chi connectivity index (χ1) is 9.70. The van der Waals surface area contributed by atoms with Crippen LogP contribution in [-0.2, 0) is 4.79 Å². The Morgan fingerprint density at radius 2 is 2.30 bits per heavy atom. The van der Waals surface area contributed by atoms with Crippen LogP contribution in [0.4, 0.5) is 0 Å². The van der Waals surface area contributed by atoms with E-state index in [4.69, 9.17) is 10.5 Å². The molecule has 5 heteroatoms. The Hall–Kier alpha value is -1.07. The van der Waals surface area contributed by atoms with Gasteiger partial charge in [-0.2, -0.15) is 0 Å². The van der Waals surface area contributed by atoms with Crippen molar-refractivity contribution in [1.29, 1.82) is 0 Å². The van der Waals surface area contributed by atoms with E-state index in [1.54, 1.807) is 0 Å². The molecular formula is C15H21BrN2O2. The van der Waals surface area contributed by atoms with Gasteiger partial charge >= 0.3 is 0 Å². The van der Waals surface area contributed by atoms with Crippen molar-refractivity contribution in [3.8, 4) is 5.75 Å². The number of likely N-dealkylation sites (tertiary alicyclic amines) is 1. The first-order valence-electron chi connectivity index (χ1n) is 7.08. The van der Waals surface area contributed by atoms with Crippen molar-refractivity contribution >= 4 is 21.8 Å². The minimum atomic E-state index is 0.148. The second-order valence-corrected chi connectivity index (χ2v) is 5.94. The molecule has 1 unspecified atom stereocenters. The fourth-order valence-electron chi connectivity index (χ4n) is 2.53. The van der Waals surface area contributed by atoms with Gasteiger partial charge in [0.05, 0.1) is 13.0 Å². The van der Waals surface area contributed by atoms with E-state index in [2.05, 4.69) is 15.9 Å². The number of nitrogens with two attached hydrogens (primary N) is 1. The van der Waals surface area contributed by atoms with Crippen LogP contribution in [0.3, 0.4) is 0 Å². The maximum absolute atomic E-state index is 12.2. The Balaban J connectivity index is 1.79. The highest BCUT2D eigenvalue weighted by atomic mass is 79.9. The molecule has 1 aromatic rings. The third kappa shape index (κ3) is 4.21. The van der Waals surface area contributed by atoms with Crippen LogP contribution in [0.5, 0.6) is 5.75 Å². The highest BCUT2D eigenvalue weighted by Gasteiger charge is 2.25. The largest absolute Gasteiger partial charge is 0.493 e. The smallest absolute Gasteiger partial charge is 0.226 e. The molecule has 1 aliphatic rings. The SMILES string of the molecule is NCC1CCCCN1C(=O)CCOc1cccc(Br)c1. The summed E-state index contributed by atoms with van der Waals surface area (Å²) in [6, 6.07) is 7.85. The van der Waals surface area contributed by atoms with Crippen LogP contribution in [0.1, 0.15) is 25.7 Å². The van der Waals surface area contributed by atoms with Crippen molar-refractivity contribution in [2.24, 2.45) is 5.73 Å². The molecule has 1 saturated heterocycles. The summed E-state index contributed by atoms with van der Waals surface area (Å²) in [7, 11) is 0. The number of nitrogens with zero attached hydrogens (tertiary/aromatic N) is 1. The molecular weight excluding hydrogens is 320 g/mol. The van der Waals surface area contributed by atoms with E-state index in [-0.39, 0.29) is 11.9 Å². The van der Waals surface area contributed by atoms with Gasteiger partial charge in [-0.1, -0.05) is 22.0 Å². The molecule has 110 valence electrons. The molecule has 1 aromatic carbocycles. The van der Waals surface area contributed by atoms with Gasteiger partial charge in [-0.15, -0.1) is 0 Å². The van der Waals surface area contributed by atoms with Crippen LogP contribution in [0.25, 0.3) is 0 Å². The minimum Gasteiger partial charge on any atom is -0.493 e. The van der Waals surface area contributed by atoms with Gasteiger partial charge in [0, 0.05) is 23.6 Å². The van der Waals surface area contributed by atoms with Gasteiger partial charge < -0.3 is 15.4 Å². The van der Waals surface area contributed by atoms with E-state index in [1.165, 1.54) is 6.42 Å². The highest BCUT2D eigenvalue weighted by molar-refractivity contribution is 9.10. The second kappa shape index (κ2) is 7.64. The van der Waals surface area contributed by atoms with Crippen molar-refractivity contribution in [2.45, 2.75) is 31.7 Å². The van der Waals surface area contributed by atoms with Crippen molar-refractivity contribution in [3.05, 3.63) is 28.7 Å². The number of piperidine rings is 1. The summed E-state index contributed by atoms with van der Waals surface area (Å²) in [6.07, 6.45) is 3.67. The molecule has 4 nitrogen and oxygen atoms in total. The first kappa shape index (κ1) is 15.3. The first-order valence-corrected chi connectivity index (χ1v) is 7.88. The zero-order valence-corrected chi connectivity index (χ0v) is 13.1. The van der Waals surface area contributed by atoms with Crippen LogP contribution in [0.2, 0.25) is 0 Å². The fourth-order valence-corrected chi connectivity index (χ4v) is 2.91. The predicted octanol–water partition coefficient (Wildman–Crippen LogP) is 2.56. The minimum absolute atomic E-state index is 0.148. The molecule has 2 rings (SSSR count). The molecule has 0 spiro atoms. The van der Waals surface area contributed by atoms with Gasteiger partial charge in [-0.25, -0.2) is 0 Å². The molecule has 1 amide bonds. The number of halogens is 1. The number of rotatable bonds is 5. The van der Waals surface area contributed by atoms with Crippen molar-refractivity contribution < 1.29 is 9.53 Å². The van der Waals surface area contributed by atoms with Crippen molar-refractivity contribution in [1.82, 2.24) is 4.90 Å². The number of hydrogen-bond acceptors (Lipinski definition) is 3. The van der Waals surface area contributed by atoms with Crippen LogP contribution >= 0.6 is 15.9 Å². The molecule has 0 radical (unpaired) electrons. The van der Waals surface area contributed by atoms with E-state index < -0.39 is 0 Å². The normalized spacial score (nSPS) is 18.9. The van der Waals surface area contributed by atoms with E-state index in [9.17, 15) is 4.79 Å². The molecule has 1 heterocycles. The quantitative estimate of drug-likeness (QED) is 0.896. The number of benzene rings is 1. The molecule has 20 heavy (non-hydrogen) atoms. The number of amides is 1. The average molecular weight is 341 g/mol. The summed E-state index contributed by atoms with van der Waals surface area (Å²) in [5, 5.41) is 0. The lowest BCUT2D eigenvalue weighted by Crippen LogP contribution is -2.47. The molecule has 1 atom stereocenters. The van der Waals surface area contributed by atoms with E-state index in [0.717, 1.165) is 29.6 Å². The maximum Gasteiger partial charge on any atom is 0.226 e. The van der Waals surface area contributed by atoms with Crippen LogP contribution in [0, 0.1) is 0 Å². The third-order valence-electron chi connectivity index (χ3n) is 3.60. The van der Waals surface area contributed by atoms with Gasteiger partial charge in [-0.3, -0.25) is 4.79 Å². The molecule has 0 aromatic heterocycles. The summed E-state index contributed by atoms with van der Waals surface area (Å²) in [6.45, 7) is 1.79. The highest BCUT2D eigenvalue weighted by Crippen LogP contribution is 2.19. The van der Waals surface area contributed by atoms with Crippen molar-refractivity contribution in [3.63, 3.8) is 0 Å². The lowest BCUT2D eigenvalue weighted by atomic mass is 10.0. The van der Waals surface area contributed by atoms with Crippen molar-refractivity contribution in [2.75, 3.05) is 19.7 Å². The van der Waals surface area contributed by atoms with Gasteiger partial charge in [0.1, 0.15) is 5.75 Å². The summed E-state index contributed by atoms with van der Waals surface area (Å²) in [5.74, 6) is 0.927. The van der Waals surface area contributed by atoms with E-state index in [1.807, 2.05) is 29.2 Å².